The molecule has 1 heteroatoms. The van der Waals surface area contributed by atoms with Crippen molar-refractivity contribution in [3.8, 4) is 0 Å². The molecular weight excluding hydrogens is 170 g/mol. The lowest BCUT2D eigenvalue weighted by molar-refractivity contribution is 0.183. The number of hydrogen-bond acceptors (Lipinski definition) is 1. The fraction of sp³-hybridized carbons (Fsp3) is 1.00. The van der Waals surface area contributed by atoms with Crippen LogP contribution >= 0.6 is 0 Å². The fourth-order valence-corrected chi connectivity index (χ4v) is 3.89. The quantitative estimate of drug-likeness (QED) is 0.726. The van der Waals surface area contributed by atoms with Crippen LogP contribution < -0.4 is 5.32 Å². The highest BCUT2D eigenvalue weighted by molar-refractivity contribution is 4.95. The molecule has 14 heavy (non-hydrogen) atoms. The molecule has 0 aromatic carbocycles. The van der Waals surface area contributed by atoms with Gasteiger partial charge in [-0.15, -0.1) is 0 Å². The molecule has 80 valence electrons. The third-order valence-electron chi connectivity index (χ3n) is 5.13. The van der Waals surface area contributed by atoms with Gasteiger partial charge in [0, 0.05) is 5.54 Å². The van der Waals surface area contributed by atoms with Crippen LogP contribution in [0.1, 0.15) is 51.9 Å². The Morgan fingerprint density at radius 1 is 1.21 bits per heavy atom. The van der Waals surface area contributed by atoms with Gasteiger partial charge in [0.1, 0.15) is 0 Å². The van der Waals surface area contributed by atoms with Crippen molar-refractivity contribution in [1.29, 1.82) is 0 Å². The van der Waals surface area contributed by atoms with E-state index in [0.29, 0.717) is 5.54 Å². The summed E-state index contributed by atoms with van der Waals surface area (Å²) in [6, 6.07) is 0. The summed E-state index contributed by atoms with van der Waals surface area (Å²) >= 11 is 0. The topological polar surface area (TPSA) is 12.0 Å². The smallest absolute Gasteiger partial charge is 0.0153 e. The van der Waals surface area contributed by atoms with Crippen molar-refractivity contribution in [2.24, 2.45) is 17.8 Å². The minimum atomic E-state index is 0.530. The average molecular weight is 193 g/mol. The van der Waals surface area contributed by atoms with E-state index in [9.17, 15) is 0 Å². The lowest BCUT2D eigenvalue weighted by Gasteiger charge is -2.41. The van der Waals surface area contributed by atoms with E-state index in [1.807, 2.05) is 0 Å². The van der Waals surface area contributed by atoms with E-state index in [2.05, 4.69) is 12.2 Å². The zero-order chi connectivity index (χ0) is 9.60. The summed E-state index contributed by atoms with van der Waals surface area (Å²) in [5.74, 6) is 3.24. The first kappa shape index (κ1) is 9.21. The molecule has 2 bridgehead atoms. The van der Waals surface area contributed by atoms with Crippen molar-refractivity contribution in [3.05, 3.63) is 0 Å². The van der Waals surface area contributed by atoms with Crippen LogP contribution in [0.25, 0.3) is 0 Å². The van der Waals surface area contributed by atoms with Crippen LogP contribution in [0.2, 0.25) is 0 Å². The van der Waals surface area contributed by atoms with Crippen LogP contribution in [0.3, 0.4) is 0 Å². The maximum atomic E-state index is 3.82. The molecule has 0 aromatic rings. The van der Waals surface area contributed by atoms with Crippen molar-refractivity contribution in [2.45, 2.75) is 57.4 Å². The lowest BCUT2D eigenvalue weighted by Crippen LogP contribution is -2.50. The van der Waals surface area contributed by atoms with Gasteiger partial charge in [-0.05, 0) is 69.7 Å². The molecule has 3 unspecified atom stereocenters. The molecule has 0 amide bonds. The van der Waals surface area contributed by atoms with Gasteiger partial charge >= 0.3 is 0 Å². The molecule has 3 atom stereocenters. The molecule has 3 rings (SSSR count). The Morgan fingerprint density at radius 3 is 2.57 bits per heavy atom. The minimum absolute atomic E-state index is 0.530. The molecule has 3 aliphatic carbocycles. The normalized spacial score (nSPS) is 43.9. The predicted molar refractivity (Wildman–Crippen MR) is 59.2 cm³/mol. The summed E-state index contributed by atoms with van der Waals surface area (Å²) < 4.78 is 0. The van der Waals surface area contributed by atoms with Gasteiger partial charge in [-0.2, -0.15) is 0 Å². The fourth-order valence-electron chi connectivity index (χ4n) is 3.89. The zero-order valence-corrected chi connectivity index (χ0v) is 9.39. The lowest BCUT2D eigenvalue weighted by atomic mass is 9.77. The molecule has 3 saturated carbocycles. The van der Waals surface area contributed by atoms with E-state index in [1.165, 1.54) is 38.6 Å². The number of rotatable bonds is 3. The van der Waals surface area contributed by atoms with Crippen LogP contribution in [0.15, 0.2) is 0 Å². The summed E-state index contributed by atoms with van der Waals surface area (Å²) in [5, 5.41) is 3.82. The molecule has 1 N–H and O–H groups in total. The largest absolute Gasteiger partial charge is 0.311 e. The molecule has 0 heterocycles. The Bertz CT molecular complexity index is 219. The number of fused-ring (bicyclic) bond motifs is 2. The molecule has 3 fully saturated rings. The minimum Gasteiger partial charge on any atom is -0.311 e. The third-order valence-corrected chi connectivity index (χ3v) is 5.13. The molecule has 0 spiro atoms. The van der Waals surface area contributed by atoms with Crippen LogP contribution in [-0.2, 0) is 0 Å². The van der Waals surface area contributed by atoms with Crippen LogP contribution in [0.5, 0.6) is 0 Å². The molecule has 3 aliphatic rings. The first-order valence-corrected chi connectivity index (χ1v) is 6.50. The van der Waals surface area contributed by atoms with Gasteiger partial charge in [0.2, 0.25) is 0 Å². The maximum absolute atomic E-state index is 3.82. The summed E-state index contributed by atoms with van der Waals surface area (Å²) in [5.41, 5.74) is 0.530. The molecule has 0 saturated heterocycles. The predicted octanol–water partition coefficient (Wildman–Crippen LogP) is 2.95. The van der Waals surface area contributed by atoms with Gasteiger partial charge in [0.25, 0.3) is 0 Å². The first-order chi connectivity index (χ1) is 6.75. The summed E-state index contributed by atoms with van der Waals surface area (Å²) in [7, 11) is 0. The van der Waals surface area contributed by atoms with Gasteiger partial charge in [-0.1, -0.05) is 6.42 Å². The number of hydrogen-bond donors (Lipinski definition) is 1. The zero-order valence-electron chi connectivity index (χ0n) is 9.39. The Hall–Kier alpha value is -0.0400. The van der Waals surface area contributed by atoms with Crippen molar-refractivity contribution in [2.75, 3.05) is 6.54 Å². The van der Waals surface area contributed by atoms with E-state index in [1.54, 1.807) is 12.8 Å². The number of nitrogens with one attached hydrogen (secondary N) is 1. The van der Waals surface area contributed by atoms with E-state index in [-0.39, 0.29) is 0 Å². The van der Waals surface area contributed by atoms with E-state index in [4.69, 9.17) is 0 Å². The highest BCUT2D eigenvalue weighted by atomic mass is 15.0. The van der Waals surface area contributed by atoms with Gasteiger partial charge < -0.3 is 5.32 Å². The molecule has 0 aromatic heterocycles. The second-order valence-corrected chi connectivity index (χ2v) is 6.23. The van der Waals surface area contributed by atoms with E-state index in [0.717, 1.165) is 17.8 Å². The summed E-state index contributed by atoms with van der Waals surface area (Å²) in [6.07, 6.45) is 10.4. The second kappa shape index (κ2) is 3.23. The summed E-state index contributed by atoms with van der Waals surface area (Å²) in [4.78, 5) is 0. The SMILES string of the molecule is CC1(NCC2CC3CCC2C3)CCC1. The highest BCUT2D eigenvalue weighted by Crippen LogP contribution is 2.48. The molecular formula is C13H23N. The maximum Gasteiger partial charge on any atom is 0.0153 e. The van der Waals surface area contributed by atoms with Crippen molar-refractivity contribution >= 4 is 0 Å². The molecule has 0 radical (unpaired) electrons. The van der Waals surface area contributed by atoms with Gasteiger partial charge in [0.15, 0.2) is 0 Å². The van der Waals surface area contributed by atoms with Crippen molar-refractivity contribution < 1.29 is 0 Å². The highest BCUT2D eigenvalue weighted by Gasteiger charge is 2.40. The van der Waals surface area contributed by atoms with Gasteiger partial charge in [-0.3, -0.25) is 0 Å². The Labute approximate surface area is 87.7 Å². The average Bonchev–Trinajstić information content (AvgIpc) is 2.72. The first-order valence-electron chi connectivity index (χ1n) is 6.50. The van der Waals surface area contributed by atoms with Crippen molar-refractivity contribution in [3.63, 3.8) is 0 Å². The van der Waals surface area contributed by atoms with Gasteiger partial charge in [0.05, 0.1) is 0 Å². The third kappa shape index (κ3) is 1.50. The Morgan fingerprint density at radius 2 is 2.07 bits per heavy atom. The van der Waals surface area contributed by atoms with Gasteiger partial charge in [-0.25, -0.2) is 0 Å². The molecule has 1 nitrogen and oxygen atoms in total. The monoisotopic (exact) mass is 193 g/mol. The second-order valence-electron chi connectivity index (χ2n) is 6.23. The van der Waals surface area contributed by atoms with E-state index >= 15 is 0 Å². The standard InChI is InChI=1S/C13H23N/c1-13(5-2-6-13)14-9-12-8-10-3-4-11(12)7-10/h10-12,14H,2-9H2,1H3. The van der Waals surface area contributed by atoms with Crippen molar-refractivity contribution in [1.82, 2.24) is 5.32 Å². The van der Waals surface area contributed by atoms with Crippen LogP contribution in [0, 0.1) is 17.8 Å². The van der Waals surface area contributed by atoms with Crippen LogP contribution in [-0.4, -0.2) is 12.1 Å². The summed E-state index contributed by atoms with van der Waals surface area (Å²) in [6.45, 7) is 3.72. The van der Waals surface area contributed by atoms with Crippen LogP contribution in [0.4, 0.5) is 0 Å². The van der Waals surface area contributed by atoms with E-state index < -0.39 is 0 Å². The Balaban J connectivity index is 1.49. The Kier molecular flexibility index (Phi) is 2.12. The molecule has 0 aliphatic heterocycles.